The van der Waals surface area contributed by atoms with Crippen LogP contribution in [0.2, 0.25) is 0 Å². The van der Waals surface area contributed by atoms with Gasteiger partial charge in [-0.15, -0.1) is 5.10 Å². The van der Waals surface area contributed by atoms with Crippen LogP contribution in [0.4, 0.5) is 0 Å². The van der Waals surface area contributed by atoms with E-state index in [4.69, 9.17) is 9.47 Å². The molecule has 0 saturated carbocycles. The van der Waals surface area contributed by atoms with E-state index >= 15 is 0 Å². The summed E-state index contributed by atoms with van der Waals surface area (Å²) in [5.41, 5.74) is 1.96. The molecule has 0 spiro atoms. The fourth-order valence-electron chi connectivity index (χ4n) is 2.04. The number of aromatic nitrogens is 3. The van der Waals surface area contributed by atoms with E-state index in [0.29, 0.717) is 17.2 Å². The molecular weight excluding hydrogens is 258 g/mol. The molecule has 0 aliphatic carbocycles. The van der Waals surface area contributed by atoms with E-state index in [-0.39, 0.29) is 0 Å². The molecule has 0 aliphatic heterocycles. The minimum atomic E-state index is 0.377. The summed E-state index contributed by atoms with van der Waals surface area (Å²) in [5, 5.41) is 7.95. The van der Waals surface area contributed by atoms with Crippen LogP contribution in [0.5, 0.6) is 11.5 Å². The second-order valence-electron chi connectivity index (χ2n) is 4.24. The van der Waals surface area contributed by atoms with Crippen molar-refractivity contribution in [1.82, 2.24) is 15.0 Å². The first-order chi connectivity index (χ1) is 9.74. The average molecular weight is 275 g/mol. The molecule has 0 aliphatic rings. The lowest BCUT2D eigenvalue weighted by atomic mass is 10.2. The lowest BCUT2D eigenvalue weighted by Crippen LogP contribution is -2.04. The molecule has 106 valence electrons. The summed E-state index contributed by atoms with van der Waals surface area (Å²) in [7, 11) is 3.16. The van der Waals surface area contributed by atoms with Gasteiger partial charge in [0.05, 0.1) is 25.6 Å². The molecule has 0 amide bonds. The summed E-state index contributed by atoms with van der Waals surface area (Å²) in [6, 6.07) is 5.46. The van der Waals surface area contributed by atoms with Gasteiger partial charge in [-0.3, -0.25) is 4.79 Å². The number of aldehydes is 1. The number of ether oxygens (including phenoxy) is 2. The largest absolute Gasteiger partial charge is 0.493 e. The van der Waals surface area contributed by atoms with E-state index in [1.807, 2.05) is 13.0 Å². The van der Waals surface area contributed by atoms with Crippen molar-refractivity contribution in [3.05, 3.63) is 29.6 Å². The van der Waals surface area contributed by atoms with E-state index in [0.717, 1.165) is 30.5 Å². The fraction of sp³-hybridized carbons (Fsp3) is 0.357. The van der Waals surface area contributed by atoms with Crippen LogP contribution in [0.15, 0.2) is 18.2 Å². The third kappa shape index (κ3) is 2.49. The summed E-state index contributed by atoms with van der Waals surface area (Å²) >= 11 is 0. The Labute approximate surface area is 117 Å². The van der Waals surface area contributed by atoms with Crippen molar-refractivity contribution in [3.8, 4) is 17.2 Å². The highest BCUT2D eigenvalue weighted by Gasteiger charge is 2.14. The summed E-state index contributed by atoms with van der Waals surface area (Å²) in [4.78, 5) is 11.0. The lowest BCUT2D eigenvalue weighted by Gasteiger charge is -2.11. The highest BCUT2D eigenvalue weighted by Crippen LogP contribution is 2.29. The van der Waals surface area contributed by atoms with E-state index < -0.39 is 0 Å². The molecule has 1 aromatic carbocycles. The molecule has 0 saturated heterocycles. The number of carbonyl (C=O) groups is 1. The number of nitrogens with zero attached hydrogens (tertiary/aromatic N) is 3. The molecule has 0 radical (unpaired) electrons. The first-order valence-electron chi connectivity index (χ1n) is 6.37. The smallest absolute Gasteiger partial charge is 0.172 e. The average Bonchev–Trinajstić information content (AvgIpc) is 2.89. The maximum Gasteiger partial charge on any atom is 0.172 e. The molecule has 1 aromatic heterocycles. The van der Waals surface area contributed by atoms with Gasteiger partial charge in [0.15, 0.2) is 17.8 Å². The summed E-state index contributed by atoms with van der Waals surface area (Å²) in [5.74, 6) is 1.25. The minimum absolute atomic E-state index is 0.377. The normalized spacial score (nSPS) is 10.3. The predicted octanol–water partition coefficient (Wildman–Crippen LogP) is 2.05. The van der Waals surface area contributed by atoms with Crippen LogP contribution in [-0.2, 0) is 6.42 Å². The third-order valence-corrected chi connectivity index (χ3v) is 3.00. The fourth-order valence-corrected chi connectivity index (χ4v) is 2.04. The van der Waals surface area contributed by atoms with Crippen LogP contribution in [0.3, 0.4) is 0 Å². The maximum atomic E-state index is 11.0. The molecule has 0 atom stereocenters. The Kier molecular flexibility index (Phi) is 4.34. The van der Waals surface area contributed by atoms with Crippen LogP contribution >= 0.6 is 0 Å². The van der Waals surface area contributed by atoms with Gasteiger partial charge in [-0.05, 0) is 18.6 Å². The van der Waals surface area contributed by atoms with E-state index in [9.17, 15) is 4.79 Å². The summed E-state index contributed by atoms with van der Waals surface area (Å²) in [6.07, 6.45) is 2.37. The van der Waals surface area contributed by atoms with Crippen molar-refractivity contribution in [3.63, 3.8) is 0 Å². The van der Waals surface area contributed by atoms with Gasteiger partial charge in [0.2, 0.25) is 0 Å². The number of carbonyl (C=O) groups excluding carboxylic acids is 1. The van der Waals surface area contributed by atoms with E-state index in [2.05, 4.69) is 10.3 Å². The van der Waals surface area contributed by atoms with Gasteiger partial charge in [-0.25, -0.2) is 4.68 Å². The van der Waals surface area contributed by atoms with Crippen LogP contribution in [0, 0.1) is 0 Å². The van der Waals surface area contributed by atoms with Crippen molar-refractivity contribution < 1.29 is 14.3 Å². The zero-order chi connectivity index (χ0) is 14.5. The summed E-state index contributed by atoms with van der Waals surface area (Å²) in [6.45, 7) is 2.04. The highest BCUT2D eigenvalue weighted by molar-refractivity contribution is 5.73. The maximum absolute atomic E-state index is 11.0. The topological polar surface area (TPSA) is 66.2 Å². The van der Waals surface area contributed by atoms with Crippen molar-refractivity contribution >= 4 is 6.29 Å². The lowest BCUT2D eigenvalue weighted by molar-refractivity contribution is 0.111. The Balaban J connectivity index is 2.50. The van der Waals surface area contributed by atoms with Crippen molar-refractivity contribution in [1.29, 1.82) is 0 Å². The standard InChI is InChI=1S/C14H17N3O3/c1-4-5-12-11(9-18)15-16-17(12)10-6-7-13(19-2)14(8-10)20-3/h6-9H,4-5H2,1-3H3. The second kappa shape index (κ2) is 6.18. The van der Waals surface area contributed by atoms with Crippen molar-refractivity contribution in [2.75, 3.05) is 14.2 Å². The van der Waals surface area contributed by atoms with E-state index in [1.54, 1.807) is 31.0 Å². The first kappa shape index (κ1) is 14.0. The highest BCUT2D eigenvalue weighted by atomic mass is 16.5. The number of hydrogen-bond acceptors (Lipinski definition) is 5. The molecule has 2 rings (SSSR count). The Bertz CT molecular complexity index is 608. The van der Waals surface area contributed by atoms with Gasteiger partial charge in [0.1, 0.15) is 5.69 Å². The molecule has 0 bridgehead atoms. The number of benzene rings is 1. The zero-order valence-electron chi connectivity index (χ0n) is 11.8. The molecule has 6 nitrogen and oxygen atoms in total. The second-order valence-corrected chi connectivity index (χ2v) is 4.24. The Morgan fingerprint density at radius 1 is 1.25 bits per heavy atom. The van der Waals surface area contributed by atoms with Crippen LogP contribution in [0.1, 0.15) is 29.5 Å². The van der Waals surface area contributed by atoms with Gasteiger partial charge >= 0.3 is 0 Å². The first-order valence-corrected chi connectivity index (χ1v) is 6.37. The van der Waals surface area contributed by atoms with Gasteiger partial charge in [0.25, 0.3) is 0 Å². The van der Waals surface area contributed by atoms with Crippen molar-refractivity contribution in [2.45, 2.75) is 19.8 Å². The van der Waals surface area contributed by atoms with Gasteiger partial charge in [0, 0.05) is 6.07 Å². The zero-order valence-corrected chi connectivity index (χ0v) is 11.8. The van der Waals surface area contributed by atoms with Crippen LogP contribution < -0.4 is 9.47 Å². The Morgan fingerprint density at radius 2 is 2.00 bits per heavy atom. The SMILES string of the molecule is CCCc1c(C=O)nnn1-c1ccc(OC)c(OC)c1. The Hall–Kier alpha value is -2.37. The molecule has 0 N–H and O–H groups in total. The van der Waals surface area contributed by atoms with E-state index in [1.165, 1.54) is 0 Å². The quantitative estimate of drug-likeness (QED) is 0.755. The third-order valence-electron chi connectivity index (χ3n) is 3.00. The van der Waals surface area contributed by atoms with Gasteiger partial charge in [-0.2, -0.15) is 0 Å². The number of methoxy groups -OCH3 is 2. The summed E-state index contributed by atoms with van der Waals surface area (Å²) < 4.78 is 12.1. The van der Waals surface area contributed by atoms with Gasteiger partial charge < -0.3 is 9.47 Å². The predicted molar refractivity (Wildman–Crippen MR) is 73.8 cm³/mol. The molecule has 1 heterocycles. The van der Waals surface area contributed by atoms with Crippen molar-refractivity contribution in [2.24, 2.45) is 0 Å². The molecule has 20 heavy (non-hydrogen) atoms. The monoisotopic (exact) mass is 275 g/mol. The molecule has 2 aromatic rings. The molecule has 6 heteroatoms. The van der Waals surface area contributed by atoms with Gasteiger partial charge in [-0.1, -0.05) is 18.6 Å². The van der Waals surface area contributed by atoms with Crippen LogP contribution in [0.25, 0.3) is 5.69 Å². The molecular formula is C14H17N3O3. The Morgan fingerprint density at radius 3 is 2.60 bits per heavy atom. The number of rotatable bonds is 6. The molecule has 0 fully saturated rings. The van der Waals surface area contributed by atoms with Crippen LogP contribution in [-0.4, -0.2) is 35.5 Å². The number of hydrogen-bond donors (Lipinski definition) is 0. The molecule has 0 unspecified atom stereocenters. The minimum Gasteiger partial charge on any atom is -0.493 e.